The average Bonchev–Trinajstić information content (AvgIpc) is 2.64. The molecule has 0 saturated heterocycles. The molecule has 0 atom stereocenters. The van der Waals surface area contributed by atoms with Crippen LogP contribution in [-0.2, 0) is 4.79 Å². The van der Waals surface area contributed by atoms with E-state index in [2.05, 4.69) is 4.99 Å². The van der Waals surface area contributed by atoms with Gasteiger partial charge in [-0.1, -0.05) is 41.9 Å². The van der Waals surface area contributed by atoms with E-state index >= 15 is 0 Å². The molecule has 3 amide bonds. The fourth-order valence-electron chi connectivity index (χ4n) is 2.40. The lowest BCUT2D eigenvalue weighted by molar-refractivity contribution is -0.116. The summed E-state index contributed by atoms with van der Waals surface area (Å²) in [6, 6.07) is 13.4. The standard InChI is InChI=1S/C16H12ClN3O2/c17-11-7-5-10(6-8-11)15-12-3-1-2-4-13(12)20(16(18)22)14(21)9-19-15/h1-8H,9H2,(H2,18,22). The van der Waals surface area contributed by atoms with Crippen molar-refractivity contribution in [2.75, 3.05) is 11.4 Å². The lowest BCUT2D eigenvalue weighted by atomic mass is 10.0. The largest absolute Gasteiger partial charge is 0.351 e. The van der Waals surface area contributed by atoms with Gasteiger partial charge in [-0.15, -0.1) is 0 Å². The van der Waals surface area contributed by atoms with Crippen molar-refractivity contribution in [2.45, 2.75) is 0 Å². The molecule has 1 aliphatic heterocycles. The zero-order valence-corrected chi connectivity index (χ0v) is 12.2. The minimum Gasteiger partial charge on any atom is -0.351 e. The van der Waals surface area contributed by atoms with Crippen molar-refractivity contribution in [1.82, 2.24) is 0 Å². The molecule has 0 spiro atoms. The summed E-state index contributed by atoms with van der Waals surface area (Å²) in [5.74, 6) is -0.455. The number of rotatable bonds is 1. The third-order valence-electron chi connectivity index (χ3n) is 3.36. The summed E-state index contributed by atoms with van der Waals surface area (Å²) < 4.78 is 0. The van der Waals surface area contributed by atoms with Crippen LogP contribution in [-0.4, -0.2) is 24.2 Å². The highest BCUT2D eigenvalue weighted by molar-refractivity contribution is 6.31. The number of benzene rings is 2. The first-order chi connectivity index (χ1) is 10.6. The monoisotopic (exact) mass is 313 g/mol. The second-order valence-electron chi connectivity index (χ2n) is 4.76. The minimum atomic E-state index is -0.815. The summed E-state index contributed by atoms with van der Waals surface area (Å²) in [5, 5.41) is 0.612. The molecule has 2 N–H and O–H groups in total. The van der Waals surface area contributed by atoms with Crippen LogP contribution in [0.1, 0.15) is 11.1 Å². The number of halogens is 1. The van der Waals surface area contributed by atoms with E-state index < -0.39 is 11.9 Å². The molecule has 5 nitrogen and oxygen atoms in total. The van der Waals surface area contributed by atoms with Gasteiger partial charge in [-0.3, -0.25) is 9.79 Å². The lowest BCUT2D eigenvalue weighted by Gasteiger charge is -2.18. The minimum absolute atomic E-state index is 0.143. The van der Waals surface area contributed by atoms with Gasteiger partial charge in [0.25, 0.3) is 5.91 Å². The van der Waals surface area contributed by atoms with Crippen LogP contribution in [0.25, 0.3) is 0 Å². The second kappa shape index (κ2) is 5.61. The highest BCUT2D eigenvalue weighted by Crippen LogP contribution is 2.27. The maximum absolute atomic E-state index is 12.1. The highest BCUT2D eigenvalue weighted by atomic mass is 35.5. The van der Waals surface area contributed by atoms with Gasteiger partial charge in [0.1, 0.15) is 6.54 Å². The Labute approximate surface area is 132 Å². The molecule has 110 valence electrons. The van der Waals surface area contributed by atoms with Crippen LogP contribution in [0.2, 0.25) is 5.02 Å². The van der Waals surface area contributed by atoms with Crippen molar-refractivity contribution >= 4 is 34.9 Å². The van der Waals surface area contributed by atoms with Gasteiger partial charge in [0.05, 0.1) is 11.4 Å². The summed E-state index contributed by atoms with van der Waals surface area (Å²) in [6.45, 7) is -0.143. The van der Waals surface area contributed by atoms with Gasteiger partial charge in [0.15, 0.2) is 0 Å². The number of aliphatic imine (C=N–C) groups is 1. The maximum atomic E-state index is 12.1. The van der Waals surface area contributed by atoms with Crippen LogP contribution < -0.4 is 10.6 Å². The molecule has 0 aromatic heterocycles. The van der Waals surface area contributed by atoms with Gasteiger partial charge in [-0.2, -0.15) is 0 Å². The number of nitrogens with zero attached hydrogens (tertiary/aromatic N) is 2. The second-order valence-corrected chi connectivity index (χ2v) is 5.19. The van der Waals surface area contributed by atoms with Crippen molar-refractivity contribution < 1.29 is 9.59 Å². The van der Waals surface area contributed by atoms with E-state index in [4.69, 9.17) is 17.3 Å². The Bertz CT molecular complexity index is 784. The molecule has 2 aromatic rings. The number of fused-ring (bicyclic) bond motifs is 1. The molecule has 0 bridgehead atoms. The number of primary amides is 1. The number of benzodiazepines with no additional fused rings is 1. The number of carbonyl (C=O) groups is 2. The van der Waals surface area contributed by atoms with Gasteiger partial charge >= 0.3 is 6.03 Å². The average molecular weight is 314 g/mol. The van der Waals surface area contributed by atoms with Crippen LogP contribution >= 0.6 is 11.6 Å². The summed E-state index contributed by atoms with van der Waals surface area (Å²) >= 11 is 5.91. The highest BCUT2D eigenvalue weighted by Gasteiger charge is 2.28. The number of hydrogen-bond donors (Lipinski definition) is 1. The van der Waals surface area contributed by atoms with E-state index in [0.717, 1.165) is 10.5 Å². The van der Waals surface area contributed by atoms with Crippen LogP contribution in [0.3, 0.4) is 0 Å². The Morgan fingerprint density at radius 2 is 1.82 bits per heavy atom. The summed E-state index contributed by atoms with van der Waals surface area (Å²) in [7, 11) is 0. The number of anilines is 1. The first kappa shape index (κ1) is 14.3. The lowest BCUT2D eigenvalue weighted by Crippen LogP contribution is -2.42. The van der Waals surface area contributed by atoms with Crippen molar-refractivity contribution in [3.63, 3.8) is 0 Å². The topological polar surface area (TPSA) is 75.8 Å². The first-order valence-electron chi connectivity index (χ1n) is 6.60. The van der Waals surface area contributed by atoms with E-state index in [1.807, 2.05) is 18.2 Å². The molecule has 1 aliphatic rings. The summed E-state index contributed by atoms with van der Waals surface area (Å²) in [5.41, 5.74) is 7.90. The molecule has 2 aromatic carbocycles. The molecule has 0 saturated carbocycles. The van der Waals surface area contributed by atoms with Crippen LogP contribution in [0, 0.1) is 0 Å². The number of para-hydroxylation sites is 1. The number of imide groups is 1. The fraction of sp³-hybridized carbons (Fsp3) is 0.0625. The predicted molar refractivity (Wildman–Crippen MR) is 85.5 cm³/mol. The molecule has 22 heavy (non-hydrogen) atoms. The molecule has 1 heterocycles. The number of carbonyl (C=O) groups excluding carboxylic acids is 2. The van der Waals surface area contributed by atoms with E-state index in [-0.39, 0.29) is 6.54 Å². The number of nitrogens with two attached hydrogens (primary N) is 1. The Hall–Kier alpha value is -2.66. The smallest absolute Gasteiger partial charge is 0.326 e. The Morgan fingerprint density at radius 1 is 1.14 bits per heavy atom. The third-order valence-corrected chi connectivity index (χ3v) is 3.61. The van der Waals surface area contributed by atoms with Gasteiger partial charge in [-0.05, 0) is 18.2 Å². The number of urea groups is 1. The van der Waals surface area contributed by atoms with Gasteiger partial charge < -0.3 is 5.73 Å². The zero-order valence-electron chi connectivity index (χ0n) is 11.5. The normalized spacial score (nSPS) is 14.1. The van der Waals surface area contributed by atoms with Crippen molar-refractivity contribution in [1.29, 1.82) is 0 Å². The van der Waals surface area contributed by atoms with Gasteiger partial charge in [-0.25, -0.2) is 9.69 Å². The summed E-state index contributed by atoms with van der Waals surface area (Å²) in [4.78, 5) is 29.1. The Kier molecular flexibility index (Phi) is 3.65. The van der Waals surface area contributed by atoms with Crippen LogP contribution in [0.15, 0.2) is 53.5 Å². The van der Waals surface area contributed by atoms with E-state index in [1.54, 1.807) is 30.3 Å². The van der Waals surface area contributed by atoms with Crippen molar-refractivity contribution in [3.05, 3.63) is 64.7 Å². The predicted octanol–water partition coefficient (Wildman–Crippen LogP) is 2.60. The maximum Gasteiger partial charge on any atom is 0.326 e. The first-order valence-corrected chi connectivity index (χ1v) is 6.98. The number of hydrogen-bond acceptors (Lipinski definition) is 3. The third kappa shape index (κ3) is 2.46. The Balaban J connectivity index is 2.19. The molecule has 0 unspecified atom stereocenters. The fourth-order valence-corrected chi connectivity index (χ4v) is 2.53. The number of amides is 3. The molecule has 0 radical (unpaired) electrons. The molecular weight excluding hydrogens is 302 g/mol. The SMILES string of the molecule is NC(=O)N1C(=O)CN=C(c2ccc(Cl)cc2)c2ccccc21. The molecular formula is C16H12ClN3O2. The molecule has 0 aliphatic carbocycles. The Morgan fingerprint density at radius 3 is 2.50 bits per heavy atom. The summed E-state index contributed by atoms with van der Waals surface area (Å²) in [6.07, 6.45) is 0. The van der Waals surface area contributed by atoms with Gasteiger partial charge in [0.2, 0.25) is 0 Å². The van der Waals surface area contributed by atoms with Crippen molar-refractivity contribution in [3.8, 4) is 0 Å². The molecule has 6 heteroatoms. The molecule has 3 rings (SSSR count). The quantitative estimate of drug-likeness (QED) is 0.878. The van der Waals surface area contributed by atoms with E-state index in [9.17, 15) is 9.59 Å². The van der Waals surface area contributed by atoms with Crippen LogP contribution in [0.4, 0.5) is 10.5 Å². The van der Waals surface area contributed by atoms with Crippen molar-refractivity contribution in [2.24, 2.45) is 10.7 Å². The van der Waals surface area contributed by atoms with E-state index in [1.165, 1.54) is 0 Å². The zero-order chi connectivity index (χ0) is 15.7. The van der Waals surface area contributed by atoms with Crippen LogP contribution in [0.5, 0.6) is 0 Å². The van der Waals surface area contributed by atoms with E-state index in [0.29, 0.717) is 22.0 Å². The van der Waals surface area contributed by atoms with Gasteiger partial charge in [0, 0.05) is 16.1 Å². The molecule has 0 fully saturated rings.